The number of aryl methyl sites for hydroxylation is 2. The summed E-state index contributed by atoms with van der Waals surface area (Å²) in [5.74, 6) is 0. The van der Waals surface area contributed by atoms with E-state index in [0.29, 0.717) is 18.7 Å². The molecule has 6 rings (SSSR count). The third-order valence-corrected chi connectivity index (χ3v) is 7.02. The quantitative estimate of drug-likeness (QED) is 0.363. The van der Waals surface area contributed by atoms with Gasteiger partial charge >= 0.3 is 0 Å². The maximum absolute atomic E-state index is 13.8. The Morgan fingerprint density at radius 2 is 1.65 bits per heavy atom. The summed E-state index contributed by atoms with van der Waals surface area (Å²) in [6, 6.07) is 19.8. The number of hydrogen-bond acceptors (Lipinski definition) is 6. The van der Waals surface area contributed by atoms with Gasteiger partial charge in [0.25, 0.3) is 5.56 Å². The number of para-hydroxylation sites is 2. The summed E-state index contributed by atoms with van der Waals surface area (Å²) in [7, 11) is 0. The number of rotatable bonds is 5. The maximum atomic E-state index is 13.8. The average molecular weight is 489 g/mol. The van der Waals surface area contributed by atoms with Crippen molar-refractivity contribution in [1.82, 2.24) is 29.4 Å². The van der Waals surface area contributed by atoms with E-state index in [9.17, 15) is 4.79 Å². The first kappa shape index (κ1) is 23.2. The van der Waals surface area contributed by atoms with Crippen LogP contribution in [0.1, 0.15) is 34.0 Å². The Hall–Kier alpha value is -4.23. The van der Waals surface area contributed by atoms with Crippen LogP contribution >= 0.6 is 0 Å². The lowest BCUT2D eigenvalue weighted by Gasteiger charge is -2.31. The normalized spacial score (nSPS) is 13.6. The van der Waals surface area contributed by atoms with E-state index in [4.69, 9.17) is 9.97 Å². The Balaban J connectivity index is 1.38. The molecular weight excluding hydrogens is 460 g/mol. The van der Waals surface area contributed by atoms with Crippen molar-refractivity contribution in [2.45, 2.75) is 39.9 Å². The minimum absolute atomic E-state index is 0.0120. The second-order valence-electron chi connectivity index (χ2n) is 9.63. The Bertz CT molecular complexity index is 1660. The first-order valence-electron chi connectivity index (χ1n) is 12.6. The van der Waals surface area contributed by atoms with E-state index < -0.39 is 0 Å². The molecule has 0 amide bonds. The van der Waals surface area contributed by atoms with Crippen LogP contribution in [0.5, 0.6) is 0 Å². The zero-order valence-electron chi connectivity index (χ0n) is 21.1. The summed E-state index contributed by atoms with van der Waals surface area (Å²) in [5.41, 5.74) is 9.45. The molecule has 7 heteroatoms. The fourth-order valence-corrected chi connectivity index (χ4v) is 5.15. The zero-order valence-corrected chi connectivity index (χ0v) is 21.1. The van der Waals surface area contributed by atoms with Gasteiger partial charge in [0.2, 0.25) is 0 Å². The number of aromatic nitrogens is 5. The van der Waals surface area contributed by atoms with Crippen molar-refractivity contribution in [3.05, 3.63) is 117 Å². The molecule has 37 heavy (non-hydrogen) atoms. The SMILES string of the molecule is Cc1cccc(Cn2c3c(cc(-c4ccncc4)c2=O)CN(Cc2nc4ccccc4nc2C)CC3)n1. The molecule has 0 saturated carbocycles. The van der Waals surface area contributed by atoms with Crippen LogP contribution in [0.25, 0.3) is 22.2 Å². The highest BCUT2D eigenvalue weighted by molar-refractivity contribution is 5.74. The number of benzene rings is 1. The summed E-state index contributed by atoms with van der Waals surface area (Å²) in [6.45, 7) is 6.76. The number of pyridine rings is 3. The largest absolute Gasteiger partial charge is 0.306 e. The molecule has 0 radical (unpaired) electrons. The molecule has 0 fully saturated rings. The number of fused-ring (bicyclic) bond motifs is 2. The first-order chi connectivity index (χ1) is 18.0. The lowest BCUT2D eigenvalue weighted by Crippen LogP contribution is -2.36. The molecule has 0 saturated heterocycles. The molecule has 7 nitrogen and oxygen atoms in total. The van der Waals surface area contributed by atoms with Crippen LogP contribution in [0.15, 0.2) is 77.9 Å². The molecule has 1 aromatic carbocycles. The molecule has 0 unspecified atom stereocenters. The van der Waals surface area contributed by atoms with Crippen molar-refractivity contribution in [1.29, 1.82) is 0 Å². The molecule has 5 aromatic rings. The third-order valence-electron chi connectivity index (χ3n) is 7.02. The molecule has 4 aromatic heterocycles. The fourth-order valence-electron chi connectivity index (χ4n) is 5.15. The van der Waals surface area contributed by atoms with Crippen LogP contribution < -0.4 is 5.56 Å². The molecular formula is C30H28N6O. The van der Waals surface area contributed by atoms with Gasteiger partial charge in [-0.1, -0.05) is 18.2 Å². The number of hydrogen-bond donors (Lipinski definition) is 0. The van der Waals surface area contributed by atoms with Gasteiger partial charge in [0, 0.05) is 55.4 Å². The predicted molar refractivity (Wildman–Crippen MR) is 144 cm³/mol. The van der Waals surface area contributed by atoms with Gasteiger partial charge < -0.3 is 4.57 Å². The highest BCUT2D eigenvalue weighted by atomic mass is 16.1. The summed E-state index contributed by atoms with van der Waals surface area (Å²) in [6.07, 6.45) is 4.25. The Morgan fingerprint density at radius 3 is 2.43 bits per heavy atom. The van der Waals surface area contributed by atoms with E-state index in [0.717, 1.165) is 70.1 Å². The second-order valence-corrected chi connectivity index (χ2v) is 9.63. The van der Waals surface area contributed by atoms with E-state index in [1.165, 1.54) is 0 Å². The van der Waals surface area contributed by atoms with Crippen molar-refractivity contribution in [2.24, 2.45) is 0 Å². The smallest absolute Gasteiger partial charge is 0.259 e. The highest BCUT2D eigenvalue weighted by Gasteiger charge is 2.24. The molecule has 0 atom stereocenters. The minimum atomic E-state index is 0.0120. The van der Waals surface area contributed by atoms with Crippen LogP contribution in [-0.4, -0.2) is 35.9 Å². The molecule has 0 aliphatic carbocycles. The molecule has 0 N–H and O–H groups in total. The van der Waals surface area contributed by atoms with Crippen LogP contribution in [0, 0.1) is 13.8 Å². The lowest BCUT2D eigenvalue weighted by molar-refractivity contribution is 0.237. The fraction of sp³-hybridized carbons (Fsp3) is 0.233. The van der Waals surface area contributed by atoms with Crippen LogP contribution in [0.4, 0.5) is 0 Å². The standard InChI is InChI=1S/C30H28N6O/c1-20-6-5-7-24(32-20)18-36-29-12-15-35(19-28-21(2)33-26-8-3-4-9-27(26)34-28)17-23(29)16-25(30(36)37)22-10-13-31-14-11-22/h3-11,13-14,16H,12,15,17-19H2,1-2H3. The maximum Gasteiger partial charge on any atom is 0.259 e. The van der Waals surface area contributed by atoms with Crippen LogP contribution in [0.2, 0.25) is 0 Å². The monoisotopic (exact) mass is 488 g/mol. The molecule has 184 valence electrons. The first-order valence-corrected chi connectivity index (χ1v) is 12.6. The zero-order chi connectivity index (χ0) is 25.4. The Labute approximate surface area is 215 Å². The molecule has 5 heterocycles. The summed E-state index contributed by atoms with van der Waals surface area (Å²) in [4.78, 5) is 34.6. The average Bonchev–Trinajstić information content (AvgIpc) is 2.91. The third kappa shape index (κ3) is 4.66. The summed E-state index contributed by atoms with van der Waals surface area (Å²) >= 11 is 0. The predicted octanol–water partition coefficient (Wildman–Crippen LogP) is 4.47. The topological polar surface area (TPSA) is 76.8 Å². The van der Waals surface area contributed by atoms with Gasteiger partial charge in [-0.3, -0.25) is 19.7 Å². The van der Waals surface area contributed by atoms with Gasteiger partial charge in [0.15, 0.2) is 0 Å². The van der Waals surface area contributed by atoms with Crippen molar-refractivity contribution in [3.8, 4) is 11.1 Å². The van der Waals surface area contributed by atoms with Crippen LogP contribution in [0.3, 0.4) is 0 Å². The van der Waals surface area contributed by atoms with Gasteiger partial charge in [-0.25, -0.2) is 9.97 Å². The van der Waals surface area contributed by atoms with Crippen molar-refractivity contribution >= 4 is 11.0 Å². The van der Waals surface area contributed by atoms with Gasteiger partial charge in [-0.15, -0.1) is 0 Å². The van der Waals surface area contributed by atoms with Crippen molar-refractivity contribution in [3.63, 3.8) is 0 Å². The van der Waals surface area contributed by atoms with Crippen molar-refractivity contribution in [2.75, 3.05) is 6.54 Å². The number of nitrogens with zero attached hydrogens (tertiary/aromatic N) is 6. The van der Waals surface area contributed by atoms with Crippen LogP contribution in [-0.2, 0) is 26.1 Å². The van der Waals surface area contributed by atoms with E-state index >= 15 is 0 Å². The molecule has 1 aliphatic rings. The van der Waals surface area contributed by atoms with E-state index in [-0.39, 0.29) is 5.56 Å². The van der Waals surface area contributed by atoms with Gasteiger partial charge in [-0.2, -0.15) is 0 Å². The second kappa shape index (κ2) is 9.67. The van der Waals surface area contributed by atoms with E-state index in [1.54, 1.807) is 12.4 Å². The Kier molecular flexibility index (Phi) is 6.06. The van der Waals surface area contributed by atoms with Gasteiger partial charge in [0.1, 0.15) is 0 Å². The molecule has 0 bridgehead atoms. The molecule has 0 spiro atoms. The summed E-state index contributed by atoms with van der Waals surface area (Å²) in [5, 5.41) is 0. The minimum Gasteiger partial charge on any atom is -0.306 e. The van der Waals surface area contributed by atoms with Gasteiger partial charge in [0.05, 0.1) is 34.7 Å². The lowest BCUT2D eigenvalue weighted by atomic mass is 9.99. The highest BCUT2D eigenvalue weighted by Crippen LogP contribution is 2.25. The van der Waals surface area contributed by atoms with E-state index in [1.807, 2.05) is 73.0 Å². The van der Waals surface area contributed by atoms with Gasteiger partial charge in [-0.05, 0) is 67.4 Å². The summed E-state index contributed by atoms with van der Waals surface area (Å²) < 4.78 is 1.92. The van der Waals surface area contributed by atoms with Crippen molar-refractivity contribution < 1.29 is 0 Å². The van der Waals surface area contributed by atoms with E-state index in [2.05, 4.69) is 20.9 Å². The molecule has 1 aliphatic heterocycles. The Morgan fingerprint density at radius 1 is 0.865 bits per heavy atom.